The lowest BCUT2D eigenvalue weighted by molar-refractivity contribution is 0.885. The number of aromatic nitrogens is 2. The molecule has 2 rings (SSSR count). The van der Waals surface area contributed by atoms with E-state index in [-0.39, 0.29) is 0 Å². The summed E-state index contributed by atoms with van der Waals surface area (Å²) in [5.74, 6) is -0.423. The van der Waals surface area contributed by atoms with Gasteiger partial charge in [-0.15, -0.1) is 5.10 Å². The summed E-state index contributed by atoms with van der Waals surface area (Å²) in [4.78, 5) is 0. The molecule has 0 saturated heterocycles. The predicted molar refractivity (Wildman–Crippen MR) is 68.6 cm³/mol. The molecule has 0 aliphatic heterocycles. The van der Waals surface area contributed by atoms with E-state index in [1.54, 1.807) is 12.1 Å². The van der Waals surface area contributed by atoms with Crippen LogP contribution in [0, 0.1) is 11.3 Å². The molecule has 1 aromatic carbocycles. The summed E-state index contributed by atoms with van der Waals surface area (Å²) in [5.41, 5.74) is 1.48. The zero-order valence-corrected chi connectivity index (χ0v) is 11.0. The third kappa shape index (κ3) is 2.82. The van der Waals surface area contributed by atoms with Crippen LogP contribution in [-0.4, -0.2) is 10.2 Å². The minimum absolute atomic E-state index is 0.321. The quantitative estimate of drug-likeness (QED) is 0.852. The number of nitrogens with zero attached hydrogens (tertiary/aromatic N) is 3. The van der Waals surface area contributed by atoms with Gasteiger partial charge in [0.15, 0.2) is 5.15 Å². The minimum atomic E-state index is -0.423. The van der Waals surface area contributed by atoms with Crippen molar-refractivity contribution < 1.29 is 0 Å². The first kappa shape index (κ1) is 12.0. The van der Waals surface area contributed by atoms with E-state index in [1.165, 1.54) is 0 Å². The highest BCUT2D eigenvalue weighted by Crippen LogP contribution is 2.23. The third-order valence-corrected chi connectivity index (χ3v) is 3.01. The molecular formula is C12H7BrClN3. The van der Waals surface area contributed by atoms with Crippen LogP contribution in [0.25, 0.3) is 0 Å². The second-order valence-electron chi connectivity index (χ2n) is 3.39. The standard InChI is InChI=1S/C12H7BrClN3/c13-9-3-1-8(2-4-9)10(7-15)11-5-6-12(14)17-16-11/h1-6,10H. The van der Waals surface area contributed by atoms with Gasteiger partial charge in [0.2, 0.25) is 0 Å². The SMILES string of the molecule is N#CC(c1ccc(Br)cc1)c1ccc(Cl)nn1. The van der Waals surface area contributed by atoms with Gasteiger partial charge in [0, 0.05) is 4.47 Å². The fraction of sp³-hybridized carbons (Fsp3) is 0.0833. The van der Waals surface area contributed by atoms with Crippen LogP contribution >= 0.6 is 27.5 Å². The number of hydrogen-bond donors (Lipinski definition) is 0. The van der Waals surface area contributed by atoms with Crippen molar-refractivity contribution in [1.29, 1.82) is 5.26 Å². The van der Waals surface area contributed by atoms with E-state index in [4.69, 9.17) is 11.6 Å². The van der Waals surface area contributed by atoms with Gasteiger partial charge in [0.1, 0.15) is 5.92 Å². The summed E-state index contributed by atoms with van der Waals surface area (Å²) >= 11 is 9.02. The maximum Gasteiger partial charge on any atom is 0.151 e. The summed E-state index contributed by atoms with van der Waals surface area (Å²) in [6, 6.07) is 13.1. The van der Waals surface area contributed by atoms with Crippen molar-refractivity contribution in [1.82, 2.24) is 10.2 Å². The zero-order chi connectivity index (χ0) is 12.3. The Labute approximate surface area is 112 Å². The Balaban J connectivity index is 2.37. The summed E-state index contributed by atoms with van der Waals surface area (Å²) < 4.78 is 0.972. The monoisotopic (exact) mass is 307 g/mol. The molecule has 84 valence electrons. The normalized spacial score (nSPS) is 11.8. The van der Waals surface area contributed by atoms with Crippen LogP contribution in [-0.2, 0) is 0 Å². The molecule has 5 heteroatoms. The van der Waals surface area contributed by atoms with Crippen molar-refractivity contribution in [2.45, 2.75) is 5.92 Å². The molecule has 2 aromatic rings. The molecule has 0 radical (unpaired) electrons. The number of rotatable bonds is 2. The number of benzene rings is 1. The van der Waals surface area contributed by atoms with Crippen LogP contribution in [0.4, 0.5) is 0 Å². The van der Waals surface area contributed by atoms with E-state index in [0.29, 0.717) is 10.8 Å². The van der Waals surface area contributed by atoms with E-state index >= 15 is 0 Å². The van der Waals surface area contributed by atoms with Crippen LogP contribution < -0.4 is 0 Å². The molecule has 0 saturated carbocycles. The molecule has 0 N–H and O–H groups in total. The molecule has 0 amide bonds. The molecule has 1 atom stereocenters. The van der Waals surface area contributed by atoms with Crippen LogP contribution in [0.5, 0.6) is 0 Å². The molecule has 0 aliphatic rings. The molecule has 1 unspecified atom stereocenters. The highest BCUT2D eigenvalue weighted by Gasteiger charge is 2.15. The Bertz CT molecular complexity index is 500. The van der Waals surface area contributed by atoms with Crippen molar-refractivity contribution in [3.63, 3.8) is 0 Å². The average molecular weight is 309 g/mol. The Kier molecular flexibility index (Phi) is 3.72. The van der Waals surface area contributed by atoms with Gasteiger partial charge in [-0.2, -0.15) is 10.4 Å². The van der Waals surface area contributed by atoms with E-state index in [0.717, 1.165) is 10.0 Å². The Morgan fingerprint density at radius 1 is 1.12 bits per heavy atom. The lowest BCUT2D eigenvalue weighted by Crippen LogP contribution is -2.02. The largest absolute Gasteiger partial charge is 0.197 e. The fourth-order valence-corrected chi connectivity index (χ4v) is 1.81. The van der Waals surface area contributed by atoms with Gasteiger partial charge in [-0.1, -0.05) is 39.7 Å². The van der Waals surface area contributed by atoms with Gasteiger partial charge in [0.25, 0.3) is 0 Å². The molecule has 0 fully saturated rings. The van der Waals surface area contributed by atoms with Crippen molar-refractivity contribution in [3.05, 3.63) is 57.3 Å². The second-order valence-corrected chi connectivity index (χ2v) is 4.70. The summed E-state index contributed by atoms with van der Waals surface area (Å²) in [6.45, 7) is 0. The maximum atomic E-state index is 9.21. The first-order chi connectivity index (χ1) is 8.20. The minimum Gasteiger partial charge on any atom is -0.197 e. The topological polar surface area (TPSA) is 49.6 Å². The van der Waals surface area contributed by atoms with Crippen molar-refractivity contribution in [2.24, 2.45) is 0 Å². The first-order valence-corrected chi connectivity index (χ1v) is 6.02. The van der Waals surface area contributed by atoms with Crippen LogP contribution in [0.2, 0.25) is 5.15 Å². The van der Waals surface area contributed by atoms with Gasteiger partial charge >= 0.3 is 0 Å². The highest BCUT2D eigenvalue weighted by atomic mass is 79.9. The summed E-state index contributed by atoms with van der Waals surface area (Å²) in [6.07, 6.45) is 0. The van der Waals surface area contributed by atoms with Crippen molar-refractivity contribution >= 4 is 27.5 Å². The van der Waals surface area contributed by atoms with Crippen LogP contribution in [0.3, 0.4) is 0 Å². The lowest BCUT2D eigenvalue weighted by atomic mass is 9.97. The maximum absolute atomic E-state index is 9.21. The molecule has 3 nitrogen and oxygen atoms in total. The highest BCUT2D eigenvalue weighted by molar-refractivity contribution is 9.10. The van der Waals surface area contributed by atoms with Gasteiger partial charge in [-0.05, 0) is 29.8 Å². The molecule has 0 aliphatic carbocycles. The van der Waals surface area contributed by atoms with Crippen molar-refractivity contribution in [2.75, 3.05) is 0 Å². The van der Waals surface area contributed by atoms with Gasteiger partial charge in [0.05, 0.1) is 11.8 Å². The summed E-state index contributed by atoms with van der Waals surface area (Å²) in [5, 5.41) is 17.2. The Morgan fingerprint density at radius 3 is 2.35 bits per heavy atom. The molecule has 1 aromatic heterocycles. The second kappa shape index (κ2) is 5.26. The van der Waals surface area contributed by atoms with E-state index < -0.39 is 5.92 Å². The van der Waals surface area contributed by atoms with Crippen LogP contribution in [0.1, 0.15) is 17.2 Å². The Morgan fingerprint density at radius 2 is 1.82 bits per heavy atom. The lowest BCUT2D eigenvalue weighted by Gasteiger charge is -2.08. The van der Waals surface area contributed by atoms with Gasteiger partial charge < -0.3 is 0 Å². The number of nitriles is 1. The first-order valence-electron chi connectivity index (χ1n) is 4.85. The Hall–Kier alpha value is -1.44. The van der Waals surface area contributed by atoms with Gasteiger partial charge in [-0.25, -0.2) is 0 Å². The molecule has 0 spiro atoms. The van der Waals surface area contributed by atoms with Crippen molar-refractivity contribution in [3.8, 4) is 6.07 Å². The average Bonchev–Trinajstić information content (AvgIpc) is 2.35. The molecule has 17 heavy (non-hydrogen) atoms. The van der Waals surface area contributed by atoms with Crippen LogP contribution in [0.15, 0.2) is 40.9 Å². The van der Waals surface area contributed by atoms with E-state index in [1.807, 2.05) is 24.3 Å². The third-order valence-electron chi connectivity index (χ3n) is 2.28. The zero-order valence-electron chi connectivity index (χ0n) is 8.64. The van der Waals surface area contributed by atoms with E-state index in [9.17, 15) is 5.26 Å². The molecule has 1 heterocycles. The van der Waals surface area contributed by atoms with Gasteiger partial charge in [-0.3, -0.25) is 0 Å². The predicted octanol–water partition coefficient (Wildman–Crippen LogP) is 3.55. The fourth-order valence-electron chi connectivity index (χ4n) is 1.45. The molecule has 0 bridgehead atoms. The summed E-state index contributed by atoms with van der Waals surface area (Å²) in [7, 11) is 0. The number of halogens is 2. The number of hydrogen-bond acceptors (Lipinski definition) is 3. The smallest absolute Gasteiger partial charge is 0.151 e. The molecular weight excluding hydrogens is 302 g/mol. The van der Waals surface area contributed by atoms with E-state index in [2.05, 4.69) is 32.2 Å².